The second-order valence-electron chi connectivity index (χ2n) is 10.5. The van der Waals surface area contributed by atoms with E-state index in [1.54, 1.807) is 17.4 Å². The van der Waals surface area contributed by atoms with Gasteiger partial charge in [-0.15, -0.1) is 11.3 Å². The minimum Gasteiger partial charge on any atom is -0.447 e. The summed E-state index contributed by atoms with van der Waals surface area (Å²) in [6, 6.07) is 5.50. The van der Waals surface area contributed by atoms with E-state index in [1.165, 1.54) is 0 Å². The van der Waals surface area contributed by atoms with Gasteiger partial charge in [-0.1, -0.05) is 6.07 Å². The lowest BCUT2D eigenvalue weighted by Gasteiger charge is -2.29. The van der Waals surface area contributed by atoms with Crippen molar-refractivity contribution >= 4 is 35.6 Å². The molecular weight excluding hydrogens is 524 g/mol. The molecule has 208 valence electrons. The number of ether oxygens (including phenoxy) is 1. The number of alkyl halides is 1. The number of aromatic nitrogens is 1. The lowest BCUT2D eigenvalue weighted by atomic mass is 9.86. The number of carbonyl (C=O) groups is 1. The highest BCUT2D eigenvalue weighted by Crippen LogP contribution is 2.56. The molecule has 0 spiro atoms. The lowest BCUT2D eigenvalue weighted by Crippen LogP contribution is -2.38. The lowest BCUT2D eigenvalue weighted by molar-refractivity contribution is 0.109. The van der Waals surface area contributed by atoms with Crippen LogP contribution in [0, 0.1) is 0 Å². The molecule has 1 unspecified atom stereocenters. The van der Waals surface area contributed by atoms with Crippen molar-refractivity contribution in [2.75, 3.05) is 24.3 Å². The highest BCUT2D eigenvalue weighted by Gasteiger charge is 2.35. The zero-order chi connectivity index (χ0) is 27.3. The second-order valence-corrected chi connectivity index (χ2v) is 14.7. The van der Waals surface area contributed by atoms with E-state index in [0.29, 0.717) is 24.1 Å². The number of nitrogens with zero attached hydrogens (tertiary/aromatic N) is 1. The molecule has 1 aliphatic carbocycles. The maximum Gasteiger partial charge on any atom is 0.407 e. The van der Waals surface area contributed by atoms with E-state index in [1.807, 2.05) is 38.2 Å². The number of amides is 1. The molecule has 6 N–H and O–H groups in total. The third-order valence-electron chi connectivity index (χ3n) is 7.13. The van der Waals surface area contributed by atoms with Gasteiger partial charge >= 0.3 is 6.09 Å². The summed E-state index contributed by atoms with van der Waals surface area (Å²) in [5.74, 6) is 0.690. The molecule has 1 atom stereocenters. The number of nitrogens with one attached hydrogen (secondary N) is 2. The average Bonchev–Trinajstić information content (AvgIpc) is 3.32. The average molecular weight is 564 g/mol. The van der Waals surface area contributed by atoms with Crippen LogP contribution >= 0.6 is 18.5 Å². The number of anilines is 1. The van der Waals surface area contributed by atoms with E-state index in [-0.39, 0.29) is 24.7 Å². The topological polar surface area (TPSA) is 132 Å². The molecule has 2 aromatic rings. The van der Waals surface area contributed by atoms with Gasteiger partial charge in [0.15, 0.2) is 0 Å². The molecule has 1 aromatic carbocycles. The van der Waals surface area contributed by atoms with Gasteiger partial charge in [0, 0.05) is 53.1 Å². The fraction of sp³-hybridized carbons (Fsp3) is 0.556. The molecule has 11 heteroatoms. The fourth-order valence-electron chi connectivity index (χ4n) is 4.99. The molecule has 2 fully saturated rings. The molecule has 1 saturated carbocycles. The molecule has 2 heterocycles. The molecule has 1 aromatic heterocycles. The predicted molar refractivity (Wildman–Crippen MR) is 153 cm³/mol. The first-order chi connectivity index (χ1) is 18.2. The van der Waals surface area contributed by atoms with Crippen LogP contribution in [0.5, 0.6) is 0 Å². The largest absolute Gasteiger partial charge is 0.447 e. The van der Waals surface area contributed by atoms with Gasteiger partial charge < -0.3 is 31.4 Å². The molecule has 0 radical (unpaired) electrons. The third kappa shape index (κ3) is 7.16. The van der Waals surface area contributed by atoms with Gasteiger partial charge in [-0.05, 0) is 70.6 Å². The van der Waals surface area contributed by atoms with E-state index in [0.717, 1.165) is 58.5 Å². The number of benzene rings is 1. The quantitative estimate of drug-likeness (QED) is 0.290. The summed E-state index contributed by atoms with van der Waals surface area (Å²) in [5.41, 5.74) is 13.6. The Balaban J connectivity index is 1.47. The minimum absolute atomic E-state index is 0.125. The van der Waals surface area contributed by atoms with Crippen molar-refractivity contribution in [2.45, 2.75) is 76.5 Å². The fourth-order valence-corrected chi connectivity index (χ4v) is 8.57. The summed E-state index contributed by atoms with van der Waals surface area (Å²) in [5, 5.41) is 8.04. The van der Waals surface area contributed by atoms with Gasteiger partial charge in [-0.25, -0.2) is 9.78 Å². The molecule has 4 rings (SSSR count). The van der Waals surface area contributed by atoms with Crippen LogP contribution in [-0.2, 0) is 9.30 Å². The number of halogens is 1. The Morgan fingerprint density at radius 3 is 2.66 bits per heavy atom. The second kappa shape index (κ2) is 12.6. The zero-order valence-corrected chi connectivity index (χ0v) is 23.8. The highest BCUT2D eigenvalue weighted by molar-refractivity contribution is 7.73. The van der Waals surface area contributed by atoms with Crippen molar-refractivity contribution in [1.29, 1.82) is 0 Å². The van der Waals surface area contributed by atoms with E-state index < -0.39 is 19.9 Å². The number of rotatable bonds is 10. The first-order valence-corrected chi connectivity index (χ1v) is 16.3. The van der Waals surface area contributed by atoms with Gasteiger partial charge in [0.05, 0.1) is 28.5 Å². The summed E-state index contributed by atoms with van der Waals surface area (Å²) in [7, 11) is -2.46. The minimum atomic E-state index is -2.46. The summed E-state index contributed by atoms with van der Waals surface area (Å²) in [6.45, 7) is 3.18. The standard InChI is InChI=1S/C27H39FN5O3PS/c1-17(2)36-27(34)33-20-6-4-18(5-7-20)26-31-16-24(38-26)22-9-8-21(15-23(22)37(35)12-3-13-37)32-25(30)14-19(29)10-11-28/h8-9,14-20,32H,3-7,10-13,29-30H2,1-2H3,(H,33,34)/b25-14+/t18-,19?,20-. The van der Waals surface area contributed by atoms with Crippen LogP contribution in [0.1, 0.15) is 63.3 Å². The summed E-state index contributed by atoms with van der Waals surface area (Å²) in [6.07, 6.45) is 9.26. The summed E-state index contributed by atoms with van der Waals surface area (Å²) < 4.78 is 31.4. The first kappa shape index (κ1) is 28.6. The molecule has 1 amide bonds. The van der Waals surface area contributed by atoms with Gasteiger partial charge in [-0.3, -0.25) is 4.39 Å². The maximum atomic E-state index is 13.7. The number of thiazole rings is 1. The van der Waals surface area contributed by atoms with Crippen LogP contribution in [0.4, 0.5) is 14.9 Å². The van der Waals surface area contributed by atoms with E-state index >= 15 is 0 Å². The number of carbonyl (C=O) groups excluding carboxylic acids is 1. The van der Waals surface area contributed by atoms with Crippen LogP contribution in [0.2, 0.25) is 0 Å². The van der Waals surface area contributed by atoms with Gasteiger partial charge in [0.2, 0.25) is 0 Å². The highest BCUT2D eigenvalue weighted by atomic mass is 32.1. The molecule has 1 aliphatic heterocycles. The zero-order valence-electron chi connectivity index (χ0n) is 22.1. The Hall–Kier alpha value is -2.42. The van der Waals surface area contributed by atoms with Gasteiger partial charge in [0.25, 0.3) is 0 Å². The smallest absolute Gasteiger partial charge is 0.407 e. The molecule has 38 heavy (non-hydrogen) atoms. The third-order valence-corrected chi connectivity index (χ3v) is 11.6. The van der Waals surface area contributed by atoms with Crippen molar-refractivity contribution in [2.24, 2.45) is 11.5 Å². The number of hydrogen-bond acceptors (Lipinski definition) is 8. The Morgan fingerprint density at radius 1 is 1.29 bits per heavy atom. The van der Waals surface area contributed by atoms with Crippen molar-refractivity contribution in [3.63, 3.8) is 0 Å². The van der Waals surface area contributed by atoms with Crippen molar-refractivity contribution < 1.29 is 18.5 Å². The maximum absolute atomic E-state index is 13.7. The van der Waals surface area contributed by atoms with Gasteiger partial charge in [0.1, 0.15) is 7.14 Å². The van der Waals surface area contributed by atoms with E-state index in [4.69, 9.17) is 21.2 Å². The molecule has 0 bridgehead atoms. The van der Waals surface area contributed by atoms with Crippen molar-refractivity contribution in [3.8, 4) is 10.4 Å². The summed E-state index contributed by atoms with van der Waals surface area (Å²) >= 11 is 1.66. The van der Waals surface area contributed by atoms with Crippen molar-refractivity contribution in [1.82, 2.24) is 10.3 Å². The van der Waals surface area contributed by atoms with Crippen LogP contribution in [0.3, 0.4) is 0 Å². The summed E-state index contributed by atoms with van der Waals surface area (Å²) in [4.78, 5) is 17.7. The normalized spacial score (nSPS) is 22.0. The van der Waals surface area contributed by atoms with E-state index in [9.17, 15) is 13.8 Å². The Labute approximate surface area is 228 Å². The number of hydrogen-bond donors (Lipinski definition) is 4. The molecule has 2 aliphatic rings. The Morgan fingerprint density at radius 2 is 2.03 bits per heavy atom. The van der Waals surface area contributed by atoms with Crippen molar-refractivity contribution in [3.05, 3.63) is 41.3 Å². The SMILES string of the molecule is CC(C)OC(=O)N[C@H]1CC[C@H](c2ncc(-c3ccc(N/C(N)=C/C(N)CCF)cc3P3(=O)CCC3)s2)CC1. The Bertz CT molecular complexity index is 1190. The Kier molecular flexibility index (Phi) is 9.50. The first-order valence-electron chi connectivity index (χ1n) is 13.4. The number of alkyl carbamates (subject to hydrolysis) is 1. The van der Waals surface area contributed by atoms with Crippen LogP contribution < -0.4 is 27.4 Å². The molecule has 1 saturated heterocycles. The monoisotopic (exact) mass is 563 g/mol. The van der Waals surface area contributed by atoms with Crippen LogP contribution in [-0.4, -0.2) is 48.3 Å². The predicted octanol–water partition coefficient (Wildman–Crippen LogP) is 5.26. The van der Waals surface area contributed by atoms with E-state index in [2.05, 4.69) is 10.6 Å². The molecule has 8 nitrogen and oxygen atoms in total. The van der Waals surface area contributed by atoms with Crippen LogP contribution in [0.25, 0.3) is 10.4 Å². The molecular formula is C27H39FN5O3PS. The van der Waals surface area contributed by atoms with Gasteiger partial charge in [-0.2, -0.15) is 0 Å². The number of nitrogens with two attached hydrogens (primary N) is 2. The van der Waals surface area contributed by atoms with Crippen LogP contribution in [0.15, 0.2) is 36.3 Å².